The molecule has 98 valence electrons. The van der Waals surface area contributed by atoms with E-state index in [9.17, 15) is 14.9 Å². The normalized spacial score (nSPS) is 10.2. The number of carbonyl (C=O) groups is 1. The van der Waals surface area contributed by atoms with Crippen LogP contribution in [0.4, 0.5) is 5.69 Å². The van der Waals surface area contributed by atoms with E-state index in [2.05, 4.69) is 20.0 Å². The molecule has 1 aromatic heterocycles. The van der Waals surface area contributed by atoms with Gasteiger partial charge in [0.15, 0.2) is 5.82 Å². The third-order valence-corrected chi connectivity index (χ3v) is 2.55. The summed E-state index contributed by atoms with van der Waals surface area (Å²) < 4.78 is 4.50. The fourth-order valence-electron chi connectivity index (χ4n) is 1.33. The van der Waals surface area contributed by atoms with Crippen LogP contribution in [0.5, 0.6) is 0 Å². The highest BCUT2D eigenvalue weighted by Crippen LogP contribution is 2.21. The Morgan fingerprint density at radius 3 is 2.95 bits per heavy atom. The molecule has 19 heavy (non-hydrogen) atoms. The van der Waals surface area contributed by atoms with E-state index in [0.717, 1.165) is 12.5 Å². The Balaban J connectivity index is 2.14. The number of halogens is 1. The van der Waals surface area contributed by atoms with Gasteiger partial charge in [-0.25, -0.2) is 0 Å². The fourth-order valence-corrected chi connectivity index (χ4v) is 1.53. The third-order valence-electron chi connectivity index (χ3n) is 2.22. The van der Waals surface area contributed by atoms with Crippen LogP contribution in [-0.2, 0) is 6.54 Å². The van der Waals surface area contributed by atoms with Gasteiger partial charge in [0, 0.05) is 12.1 Å². The highest BCUT2D eigenvalue weighted by molar-refractivity contribution is 6.33. The molecule has 1 heterocycles. The quantitative estimate of drug-likeness (QED) is 0.673. The lowest BCUT2D eigenvalue weighted by atomic mass is 10.2. The predicted octanol–water partition coefficient (Wildman–Crippen LogP) is 1.56. The SMILES string of the molecule is O=C(NCc1ncon1)c1cc([N+](=O)[O-])ccc1Cl. The summed E-state index contributed by atoms with van der Waals surface area (Å²) >= 11 is 5.82. The minimum absolute atomic E-state index is 0.0133. The smallest absolute Gasteiger partial charge is 0.270 e. The van der Waals surface area contributed by atoms with Crippen LogP contribution in [0, 0.1) is 10.1 Å². The lowest BCUT2D eigenvalue weighted by Gasteiger charge is -2.04. The molecule has 8 nitrogen and oxygen atoms in total. The number of amides is 1. The van der Waals surface area contributed by atoms with Crippen molar-refractivity contribution in [3.05, 3.63) is 51.1 Å². The van der Waals surface area contributed by atoms with Crippen LogP contribution < -0.4 is 5.32 Å². The maximum atomic E-state index is 11.8. The zero-order valence-corrected chi connectivity index (χ0v) is 10.1. The van der Waals surface area contributed by atoms with E-state index in [1.807, 2.05) is 0 Å². The molecule has 0 radical (unpaired) electrons. The molecule has 9 heteroatoms. The van der Waals surface area contributed by atoms with E-state index in [-0.39, 0.29) is 28.6 Å². The molecule has 0 fully saturated rings. The van der Waals surface area contributed by atoms with Gasteiger partial charge in [0.1, 0.15) is 0 Å². The predicted molar refractivity (Wildman–Crippen MR) is 63.6 cm³/mol. The second-order valence-electron chi connectivity index (χ2n) is 3.45. The Morgan fingerprint density at radius 2 is 2.32 bits per heavy atom. The van der Waals surface area contributed by atoms with Crippen molar-refractivity contribution in [3.63, 3.8) is 0 Å². The van der Waals surface area contributed by atoms with Gasteiger partial charge in [0.05, 0.1) is 22.1 Å². The van der Waals surface area contributed by atoms with E-state index in [1.165, 1.54) is 12.1 Å². The molecule has 0 saturated carbocycles. The number of benzene rings is 1. The lowest BCUT2D eigenvalue weighted by molar-refractivity contribution is -0.384. The van der Waals surface area contributed by atoms with Crippen molar-refractivity contribution in [1.82, 2.24) is 15.5 Å². The first-order valence-electron chi connectivity index (χ1n) is 5.05. The zero-order chi connectivity index (χ0) is 13.8. The number of hydrogen-bond donors (Lipinski definition) is 1. The van der Waals surface area contributed by atoms with E-state index in [1.54, 1.807) is 0 Å². The molecule has 1 amide bonds. The highest BCUT2D eigenvalue weighted by atomic mass is 35.5. The van der Waals surface area contributed by atoms with Crippen LogP contribution in [0.2, 0.25) is 5.02 Å². The van der Waals surface area contributed by atoms with E-state index < -0.39 is 10.8 Å². The Kier molecular flexibility index (Phi) is 3.71. The number of hydrogen-bond acceptors (Lipinski definition) is 6. The van der Waals surface area contributed by atoms with Crippen molar-refractivity contribution in [1.29, 1.82) is 0 Å². The van der Waals surface area contributed by atoms with Gasteiger partial charge in [0.2, 0.25) is 6.39 Å². The number of rotatable bonds is 4. The minimum atomic E-state index is -0.605. The maximum absolute atomic E-state index is 11.8. The van der Waals surface area contributed by atoms with Crippen molar-refractivity contribution in [2.75, 3.05) is 0 Å². The number of non-ortho nitro benzene ring substituents is 1. The molecule has 0 aliphatic carbocycles. The van der Waals surface area contributed by atoms with Crippen molar-refractivity contribution in [3.8, 4) is 0 Å². The Bertz CT molecular complexity index is 614. The fraction of sp³-hybridized carbons (Fsp3) is 0.100. The van der Waals surface area contributed by atoms with Crippen LogP contribution in [0.25, 0.3) is 0 Å². The molecule has 0 unspecified atom stereocenters. The zero-order valence-electron chi connectivity index (χ0n) is 9.37. The molecule has 0 atom stereocenters. The number of nitrogens with zero attached hydrogens (tertiary/aromatic N) is 3. The summed E-state index contributed by atoms with van der Waals surface area (Å²) in [4.78, 5) is 25.6. The number of nitro benzene ring substituents is 1. The second-order valence-corrected chi connectivity index (χ2v) is 3.86. The summed E-state index contributed by atoms with van der Waals surface area (Å²) in [6, 6.07) is 3.62. The molecule has 2 aromatic rings. The first-order valence-corrected chi connectivity index (χ1v) is 5.43. The van der Waals surface area contributed by atoms with Gasteiger partial charge >= 0.3 is 0 Å². The average molecular weight is 283 g/mol. The number of carbonyl (C=O) groups excluding carboxylic acids is 1. The van der Waals surface area contributed by atoms with Gasteiger partial charge in [0.25, 0.3) is 11.6 Å². The van der Waals surface area contributed by atoms with E-state index in [0.29, 0.717) is 0 Å². The summed E-state index contributed by atoms with van der Waals surface area (Å²) in [6.07, 6.45) is 1.13. The summed E-state index contributed by atoms with van der Waals surface area (Å²) in [7, 11) is 0. The van der Waals surface area contributed by atoms with Crippen LogP contribution in [0.15, 0.2) is 29.1 Å². The third kappa shape index (κ3) is 3.05. The average Bonchev–Trinajstić information content (AvgIpc) is 2.89. The molecule has 0 spiro atoms. The van der Waals surface area contributed by atoms with Crippen LogP contribution in [0.1, 0.15) is 16.2 Å². The molecule has 0 aliphatic rings. The first kappa shape index (κ1) is 13.0. The second kappa shape index (κ2) is 5.44. The molecule has 0 aliphatic heterocycles. The highest BCUT2D eigenvalue weighted by Gasteiger charge is 2.16. The molecule has 1 aromatic carbocycles. The first-order chi connectivity index (χ1) is 9.08. The van der Waals surface area contributed by atoms with E-state index >= 15 is 0 Å². The molecular formula is C10H7ClN4O4. The van der Waals surface area contributed by atoms with Crippen molar-refractivity contribution in [2.45, 2.75) is 6.54 Å². The largest absolute Gasteiger partial charge is 0.345 e. The topological polar surface area (TPSA) is 111 Å². The number of aromatic nitrogens is 2. The Hall–Kier alpha value is -2.48. The molecule has 1 N–H and O–H groups in total. The van der Waals surface area contributed by atoms with Crippen LogP contribution in [-0.4, -0.2) is 21.0 Å². The van der Waals surface area contributed by atoms with Gasteiger partial charge in [-0.2, -0.15) is 4.98 Å². The molecular weight excluding hydrogens is 276 g/mol. The van der Waals surface area contributed by atoms with Gasteiger partial charge in [-0.1, -0.05) is 16.8 Å². The number of nitro groups is 1. The lowest BCUT2D eigenvalue weighted by Crippen LogP contribution is -2.23. The van der Waals surface area contributed by atoms with Crippen molar-refractivity contribution >= 4 is 23.2 Å². The van der Waals surface area contributed by atoms with Gasteiger partial charge in [-0.15, -0.1) is 0 Å². The number of nitrogens with one attached hydrogen (secondary N) is 1. The Labute approximate surface area is 111 Å². The van der Waals surface area contributed by atoms with Crippen LogP contribution >= 0.6 is 11.6 Å². The summed E-state index contributed by atoms with van der Waals surface area (Å²) in [5, 5.41) is 16.7. The molecule has 2 rings (SSSR count). The Morgan fingerprint density at radius 1 is 1.53 bits per heavy atom. The van der Waals surface area contributed by atoms with Crippen molar-refractivity contribution in [2.24, 2.45) is 0 Å². The molecule has 0 bridgehead atoms. The van der Waals surface area contributed by atoms with E-state index in [4.69, 9.17) is 11.6 Å². The van der Waals surface area contributed by atoms with Crippen LogP contribution in [0.3, 0.4) is 0 Å². The summed E-state index contributed by atoms with van der Waals surface area (Å²) in [5.74, 6) is -0.270. The summed E-state index contributed by atoms with van der Waals surface area (Å²) in [5.41, 5.74) is -0.200. The molecule has 0 saturated heterocycles. The monoisotopic (exact) mass is 282 g/mol. The van der Waals surface area contributed by atoms with Gasteiger partial charge < -0.3 is 9.84 Å². The van der Waals surface area contributed by atoms with Gasteiger partial charge in [-0.05, 0) is 6.07 Å². The maximum Gasteiger partial charge on any atom is 0.270 e. The minimum Gasteiger partial charge on any atom is -0.345 e. The standard InChI is InChI=1S/C10H7ClN4O4/c11-8-2-1-6(15(17)18)3-7(8)10(16)12-4-9-13-5-19-14-9/h1-3,5H,4H2,(H,12,16). The van der Waals surface area contributed by atoms with Gasteiger partial charge in [-0.3, -0.25) is 14.9 Å². The van der Waals surface area contributed by atoms with Crippen molar-refractivity contribution < 1.29 is 14.2 Å². The summed E-state index contributed by atoms with van der Waals surface area (Å²) in [6.45, 7) is 0.0361.